The second-order valence-corrected chi connectivity index (χ2v) is 18.1. The fourth-order valence-corrected chi connectivity index (χ4v) is 12.7. The summed E-state index contributed by atoms with van der Waals surface area (Å²) in [5, 5.41) is 4.62. The molecule has 0 amide bonds. The average molecular weight is 791 g/mol. The van der Waals surface area contributed by atoms with Gasteiger partial charge in [-0.1, -0.05) is 103 Å². The van der Waals surface area contributed by atoms with Crippen molar-refractivity contribution in [3.8, 4) is 17.3 Å². The molecule has 5 aliphatic rings. The summed E-state index contributed by atoms with van der Waals surface area (Å²) in [6, 6.07) is 64.0. The fraction of sp³-hybridized carbons (Fsp3) is 0.196. The van der Waals surface area contributed by atoms with Crippen molar-refractivity contribution in [1.82, 2.24) is 9.55 Å². The molecule has 0 unspecified atom stereocenters. The standard InChI is InChI=1S/C56H46N4O/c1-3-14-40(15-4-1)56(42-28-37-27-38(30-42)31-43(56)29-37)41-25-26-57-55(33-41)60-50-20-10-9-19-48(50)49-24-23-46(35-53(49)60)61-54-34-45(32-39-13-7-8-18-47(39)54)59-36-58(44-16-5-2-6-17-44)51-21-11-12-22-52(51)59/h1-26,32-35,37-38,42-43H,27-31,36H2. The van der Waals surface area contributed by atoms with Gasteiger partial charge < -0.3 is 14.5 Å². The lowest BCUT2D eigenvalue weighted by atomic mass is 9.42. The monoisotopic (exact) mass is 790 g/mol. The van der Waals surface area contributed by atoms with Crippen molar-refractivity contribution in [1.29, 1.82) is 0 Å². The van der Waals surface area contributed by atoms with Gasteiger partial charge in [-0.2, -0.15) is 0 Å². The molecule has 4 bridgehead atoms. The normalized spacial score (nSPS) is 22.7. The van der Waals surface area contributed by atoms with Crippen LogP contribution >= 0.6 is 0 Å². The van der Waals surface area contributed by atoms with Crippen molar-refractivity contribution in [2.45, 2.75) is 37.5 Å². The van der Waals surface area contributed by atoms with E-state index in [1.54, 1.807) is 0 Å². The summed E-state index contributed by atoms with van der Waals surface area (Å²) in [5.41, 5.74) is 9.79. The molecule has 1 aliphatic heterocycles. The highest BCUT2D eigenvalue weighted by Gasteiger charge is 2.58. The Bertz CT molecular complexity index is 3110. The molecule has 0 saturated heterocycles. The Balaban J connectivity index is 0.930. The zero-order valence-corrected chi connectivity index (χ0v) is 34.1. The van der Waals surface area contributed by atoms with E-state index in [0.29, 0.717) is 18.5 Å². The predicted octanol–water partition coefficient (Wildman–Crippen LogP) is 14.1. The third kappa shape index (κ3) is 5.35. The minimum absolute atomic E-state index is 0.000539. The smallest absolute Gasteiger partial charge is 0.137 e. The van der Waals surface area contributed by atoms with Crippen molar-refractivity contribution in [2.24, 2.45) is 23.7 Å². The van der Waals surface area contributed by atoms with Crippen molar-refractivity contribution in [3.05, 3.63) is 193 Å². The van der Waals surface area contributed by atoms with Gasteiger partial charge in [0.25, 0.3) is 0 Å². The van der Waals surface area contributed by atoms with Crippen LogP contribution in [0.15, 0.2) is 182 Å². The highest BCUT2D eigenvalue weighted by molar-refractivity contribution is 6.09. The van der Waals surface area contributed by atoms with Gasteiger partial charge >= 0.3 is 0 Å². The van der Waals surface area contributed by atoms with Crippen LogP contribution in [0.2, 0.25) is 0 Å². The zero-order chi connectivity index (χ0) is 40.1. The van der Waals surface area contributed by atoms with Crippen molar-refractivity contribution < 1.29 is 4.74 Å². The third-order valence-electron chi connectivity index (χ3n) is 14.9. The van der Waals surface area contributed by atoms with Gasteiger partial charge in [0.2, 0.25) is 0 Å². The summed E-state index contributed by atoms with van der Waals surface area (Å²) >= 11 is 0. The van der Waals surface area contributed by atoms with Crippen LogP contribution in [-0.2, 0) is 5.41 Å². The Labute approximate surface area is 356 Å². The van der Waals surface area contributed by atoms with Gasteiger partial charge in [-0.15, -0.1) is 0 Å². The number of rotatable bonds is 7. The SMILES string of the molecule is c1ccc(N2CN(c3cc(Oc4ccc5c6ccccc6n(-c6cc(C7(c8ccccc8)C8CC9CC(C8)CC7C9)ccn6)c5c4)c4ccccc4c3)c3ccccc32)cc1. The number of ether oxygens (including phenoxy) is 1. The molecule has 4 saturated carbocycles. The maximum absolute atomic E-state index is 7.07. The Morgan fingerprint density at radius 2 is 1.13 bits per heavy atom. The van der Waals surface area contributed by atoms with Crippen LogP contribution in [0.5, 0.6) is 11.5 Å². The molecule has 3 heterocycles. The van der Waals surface area contributed by atoms with E-state index in [0.717, 1.165) is 56.6 Å². The lowest BCUT2D eigenvalue weighted by molar-refractivity contribution is -0.0418. The molecule has 61 heavy (non-hydrogen) atoms. The molecule has 5 heteroatoms. The number of benzene rings is 7. The molecule has 5 nitrogen and oxygen atoms in total. The quantitative estimate of drug-likeness (QED) is 0.161. The fourth-order valence-electron chi connectivity index (χ4n) is 12.7. The summed E-state index contributed by atoms with van der Waals surface area (Å²) in [4.78, 5) is 9.97. The zero-order valence-electron chi connectivity index (χ0n) is 34.1. The first-order valence-corrected chi connectivity index (χ1v) is 22.1. The van der Waals surface area contributed by atoms with Crippen LogP contribution in [0.4, 0.5) is 22.7 Å². The van der Waals surface area contributed by atoms with Crippen molar-refractivity contribution >= 4 is 55.3 Å². The van der Waals surface area contributed by atoms with Gasteiger partial charge in [-0.25, -0.2) is 4.98 Å². The van der Waals surface area contributed by atoms with E-state index >= 15 is 0 Å². The van der Waals surface area contributed by atoms with Crippen molar-refractivity contribution in [2.75, 3.05) is 16.5 Å². The van der Waals surface area contributed by atoms with Gasteiger partial charge in [0.05, 0.1) is 22.4 Å². The molecular weight excluding hydrogens is 745 g/mol. The molecule has 2 aromatic heterocycles. The van der Waals surface area contributed by atoms with Crippen LogP contribution in [-0.4, -0.2) is 16.2 Å². The van der Waals surface area contributed by atoms with E-state index in [1.807, 2.05) is 0 Å². The second-order valence-electron chi connectivity index (χ2n) is 18.1. The summed E-state index contributed by atoms with van der Waals surface area (Å²) < 4.78 is 9.45. The molecule has 4 fully saturated rings. The number of hydrogen-bond donors (Lipinski definition) is 0. The number of fused-ring (bicyclic) bond motifs is 5. The van der Waals surface area contributed by atoms with Crippen LogP contribution in [0, 0.1) is 23.7 Å². The largest absolute Gasteiger partial charge is 0.457 e. The van der Waals surface area contributed by atoms with E-state index in [4.69, 9.17) is 9.72 Å². The van der Waals surface area contributed by atoms with Crippen LogP contribution in [0.25, 0.3) is 38.4 Å². The van der Waals surface area contributed by atoms with Crippen LogP contribution < -0.4 is 14.5 Å². The number of hydrogen-bond acceptors (Lipinski definition) is 4. The Morgan fingerprint density at radius 3 is 1.90 bits per heavy atom. The molecule has 0 N–H and O–H groups in total. The summed E-state index contributed by atoms with van der Waals surface area (Å²) in [6.45, 7) is 0.702. The summed E-state index contributed by atoms with van der Waals surface area (Å²) in [5.74, 6) is 5.66. The lowest BCUT2D eigenvalue weighted by Crippen LogP contribution is -2.56. The Kier molecular flexibility index (Phi) is 7.79. The molecule has 0 spiro atoms. The van der Waals surface area contributed by atoms with E-state index in [1.165, 1.54) is 71.1 Å². The van der Waals surface area contributed by atoms with E-state index in [9.17, 15) is 0 Å². The van der Waals surface area contributed by atoms with Crippen LogP contribution in [0.3, 0.4) is 0 Å². The molecule has 296 valence electrons. The number of para-hydroxylation sites is 4. The summed E-state index contributed by atoms with van der Waals surface area (Å²) in [6.07, 6.45) is 8.85. The highest BCUT2D eigenvalue weighted by atomic mass is 16.5. The molecule has 14 rings (SSSR count). The lowest BCUT2D eigenvalue weighted by Gasteiger charge is -2.62. The second kappa shape index (κ2) is 13.6. The van der Waals surface area contributed by atoms with E-state index < -0.39 is 0 Å². The number of nitrogens with zero attached hydrogens (tertiary/aromatic N) is 4. The molecule has 7 aromatic carbocycles. The molecule has 0 atom stereocenters. The highest BCUT2D eigenvalue weighted by Crippen LogP contribution is 2.65. The molecule has 9 aromatic rings. The first-order chi connectivity index (χ1) is 30.2. The van der Waals surface area contributed by atoms with Gasteiger partial charge in [-0.3, -0.25) is 4.57 Å². The minimum atomic E-state index is -0.000539. The Hall–Kier alpha value is -6.85. The maximum Gasteiger partial charge on any atom is 0.137 e. The van der Waals surface area contributed by atoms with Gasteiger partial charge in [-0.05, 0) is 133 Å². The topological polar surface area (TPSA) is 33.5 Å². The number of pyridine rings is 1. The van der Waals surface area contributed by atoms with Gasteiger partial charge in [0, 0.05) is 51.3 Å². The number of anilines is 4. The maximum atomic E-state index is 7.07. The predicted molar refractivity (Wildman–Crippen MR) is 249 cm³/mol. The molecule has 0 radical (unpaired) electrons. The molecule has 4 aliphatic carbocycles. The van der Waals surface area contributed by atoms with Crippen molar-refractivity contribution in [3.63, 3.8) is 0 Å². The first-order valence-electron chi connectivity index (χ1n) is 22.1. The van der Waals surface area contributed by atoms with Gasteiger partial charge in [0.15, 0.2) is 0 Å². The Morgan fingerprint density at radius 1 is 0.492 bits per heavy atom. The van der Waals surface area contributed by atoms with Crippen LogP contribution in [0.1, 0.15) is 43.2 Å². The van der Waals surface area contributed by atoms with E-state index in [-0.39, 0.29) is 5.41 Å². The minimum Gasteiger partial charge on any atom is -0.457 e. The first kappa shape index (κ1) is 35.0. The number of aromatic nitrogens is 2. The van der Waals surface area contributed by atoms with E-state index in [2.05, 4.69) is 196 Å². The third-order valence-corrected chi connectivity index (χ3v) is 14.9. The van der Waals surface area contributed by atoms with Gasteiger partial charge in [0.1, 0.15) is 24.0 Å². The summed E-state index contributed by atoms with van der Waals surface area (Å²) in [7, 11) is 0. The molecular formula is C56H46N4O. The average Bonchev–Trinajstić information content (AvgIpc) is 3.86.